The molecule has 10 nitrogen and oxygen atoms in total. The third-order valence-electron chi connectivity index (χ3n) is 6.33. The number of benzene rings is 3. The van der Waals surface area contributed by atoms with Crippen molar-refractivity contribution in [1.82, 2.24) is 10.2 Å². The number of rotatable bonds is 11. The molecule has 0 unspecified atom stereocenters. The van der Waals surface area contributed by atoms with E-state index in [-0.39, 0.29) is 31.4 Å². The summed E-state index contributed by atoms with van der Waals surface area (Å²) in [6.45, 7) is -0.442. The summed E-state index contributed by atoms with van der Waals surface area (Å²) in [5, 5.41) is 2.65. The van der Waals surface area contributed by atoms with Crippen molar-refractivity contribution in [2.24, 2.45) is 0 Å². The van der Waals surface area contributed by atoms with Crippen LogP contribution in [0.2, 0.25) is 0 Å². The SMILES string of the molecule is CNC(=O)[C@H](Cc1ccccc1)N(Cc1cccc(OC)c1)C(=O)CN(c1ccc2c(c1)OCO2)S(C)(=O)=O. The van der Waals surface area contributed by atoms with Gasteiger partial charge in [-0.05, 0) is 35.4 Å². The first-order valence-corrected chi connectivity index (χ1v) is 14.1. The molecule has 0 bridgehead atoms. The lowest BCUT2D eigenvalue weighted by Gasteiger charge is -2.33. The highest BCUT2D eigenvalue weighted by atomic mass is 32.2. The van der Waals surface area contributed by atoms with Crippen molar-refractivity contribution in [2.75, 3.05) is 38.1 Å². The Hall–Kier alpha value is -4.25. The minimum Gasteiger partial charge on any atom is -0.497 e. The minimum absolute atomic E-state index is 0.0260. The van der Waals surface area contributed by atoms with Crippen LogP contribution in [0.1, 0.15) is 11.1 Å². The molecule has 0 aromatic heterocycles. The average Bonchev–Trinajstić information content (AvgIpc) is 3.41. The number of nitrogens with one attached hydrogen (secondary N) is 1. The van der Waals surface area contributed by atoms with Gasteiger partial charge in [-0.15, -0.1) is 0 Å². The summed E-state index contributed by atoms with van der Waals surface area (Å²) in [6.07, 6.45) is 1.26. The van der Waals surface area contributed by atoms with Crippen LogP contribution in [0.15, 0.2) is 72.8 Å². The lowest BCUT2D eigenvalue weighted by molar-refractivity contribution is -0.139. The van der Waals surface area contributed by atoms with Crippen LogP contribution in [0.5, 0.6) is 17.2 Å². The third kappa shape index (κ3) is 6.80. The predicted molar refractivity (Wildman–Crippen MR) is 146 cm³/mol. The highest BCUT2D eigenvalue weighted by Crippen LogP contribution is 2.36. The van der Waals surface area contributed by atoms with Crippen LogP contribution >= 0.6 is 0 Å². The van der Waals surface area contributed by atoms with Gasteiger partial charge in [0.15, 0.2) is 11.5 Å². The first-order chi connectivity index (χ1) is 18.7. The van der Waals surface area contributed by atoms with Crippen molar-refractivity contribution in [3.63, 3.8) is 0 Å². The van der Waals surface area contributed by atoms with Gasteiger partial charge in [0.2, 0.25) is 28.6 Å². The summed E-state index contributed by atoms with van der Waals surface area (Å²) in [5.74, 6) is 0.543. The molecular formula is C28H31N3O7S. The van der Waals surface area contributed by atoms with Crippen molar-refractivity contribution in [1.29, 1.82) is 0 Å². The zero-order chi connectivity index (χ0) is 28.0. The van der Waals surface area contributed by atoms with Gasteiger partial charge in [-0.25, -0.2) is 8.42 Å². The maximum absolute atomic E-state index is 14.0. The van der Waals surface area contributed by atoms with Crippen molar-refractivity contribution in [3.05, 3.63) is 83.9 Å². The fourth-order valence-corrected chi connectivity index (χ4v) is 5.18. The van der Waals surface area contributed by atoms with Crippen molar-refractivity contribution >= 4 is 27.5 Å². The Bertz CT molecular complexity index is 1430. The zero-order valence-corrected chi connectivity index (χ0v) is 22.8. The standard InChI is InChI=1S/C28H31N3O7S/c1-29-28(33)24(15-20-8-5-4-6-9-20)30(17-21-10-7-11-23(14-21)36-2)27(32)18-31(39(3,34)35)22-12-13-25-26(16-22)38-19-37-25/h4-14,16,24H,15,17-19H2,1-3H3,(H,29,33)/t24-/m0/s1. The van der Waals surface area contributed by atoms with E-state index in [1.807, 2.05) is 36.4 Å². The predicted octanol–water partition coefficient (Wildman–Crippen LogP) is 2.58. The van der Waals surface area contributed by atoms with Crippen LogP contribution in [0, 0.1) is 0 Å². The van der Waals surface area contributed by atoms with E-state index in [1.54, 1.807) is 37.4 Å². The highest BCUT2D eigenvalue weighted by molar-refractivity contribution is 7.92. The molecule has 0 saturated carbocycles. The Morgan fingerprint density at radius 3 is 2.38 bits per heavy atom. The van der Waals surface area contributed by atoms with Gasteiger partial charge in [-0.1, -0.05) is 42.5 Å². The molecule has 1 aliphatic rings. The average molecular weight is 554 g/mol. The number of amides is 2. The van der Waals surface area contributed by atoms with E-state index < -0.39 is 28.5 Å². The van der Waals surface area contributed by atoms with Crippen LogP contribution in [0.3, 0.4) is 0 Å². The number of nitrogens with zero attached hydrogens (tertiary/aromatic N) is 2. The maximum Gasteiger partial charge on any atom is 0.244 e. The number of carbonyl (C=O) groups is 2. The molecular weight excluding hydrogens is 522 g/mol. The van der Waals surface area contributed by atoms with Crippen molar-refractivity contribution in [2.45, 2.75) is 19.0 Å². The van der Waals surface area contributed by atoms with E-state index in [9.17, 15) is 18.0 Å². The molecule has 0 aliphatic carbocycles. The quantitative estimate of drug-likeness (QED) is 0.388. The highest BCUT2D eigenvalue weighted by Gasteiger charge is 2.33. The third-order valence-corrected chi connectivity index (χ3v) is 7.47. The van der Waals surface area contributed by atoms with E-state index in [0.29, 0.717) is 17.2 Å². The summed E-state index contributed by atoms with van der Waals surface area (Å²) < 4.78 is 42.8. The molecule has 3 aromatic rings. The molecule has 1 atom stereocenters. The molecule has 11 heteroatoms. The Morgan fingerprint density at radius 2 is 1.69 bits per heavy atom. The normalized spacial score (nSPS) is 12.9. The topological polar surface area (TPSA) is 114 Å². The maximum atomic E-state index is 14.0. The summed E-state index contributed by atoms with van der Waals surface area (Å²) >= 11 is 0. The Kier molecular flexibility index (Phi) is 8.60. The molecule has 3 aromatic carbocycles. The number of methoxy groups -OCH3 is 1. The molecule has 0 spiro atoms. The number of likely N-dealkylation sites (N-methyl/N-ethyl adjacent to an activating group) is 1. The second-order valence-corrected chi connectivity index (χ2v) is 10.9. The van der Waals surface area contributed by atoms with Crippen LogP contribution in [-0.4, -0.2) is 64.9 Å². The Balaban J connectivity index is 1.71. The fourth-order valence-electron chi connectivity index (χ4n) is 4.34. The summed E-state index contributed by atoms with van der Waals surface area (Å²) in [7, 11) is -0.843. The summed E-state index contributed by atoms with van der Waals surface area (Å²) in [5.41, 5.74) is 1.82. The molecule has 0 fully saturated rings. The molecule has 0 saturated heterocycles. The fraction of sp³-hybridized carbons (Fsp3) is 0.286. The van der Waals surface area contributed by atoms with Crippen LogP contribution < -0.4 is 23.8 Å². The number of hydrogen-bond acceptors (Lipinski definition) is 7. The van der Waals surface area contributed by atoms with Crippen molar-refractivity contribution in [3.8, 4) is 17.2 Å². The van der Waals surface area contributed by atoms with Gasteiger partial charge in [0.25, 0.3) is 0 Å². The number of hydrogen-bond donors (Lipinski definition) is 1. The Labute approximate surface area is 228 Å². The van der Waals surface area contributed by atoms with Crippen LogP contribution in [0.25, 0.3) is 0 Å². The number of carbonyl (C=O) groups excluding carboxylic acids is 2. The molecule has 39 heavy (non-hydrogen) atoms. The lowest BCUT2D eigenvalue weighted by Crippen LogP contribution is -2.52. The first kappa shape index (κ1) is 27.8. The van der Waals surface area contributed by atoms with Crippen LogP contribution in [0.4, 0.5) is 5.69 Å². The molecule has 1 heterocycles. The number of ether oxygens (including phenoxy) is 3. The second-order valence-electron chi connectivity index (χ2n) is 9.00. The van der Waals surface area contributed by atoms with Crippen LogP contribution in [-0.2, 0) is 32.6 Å². The smallest absolute Gasteiger partial charge is 0.244 e. The molecule has 0 radical (unpaired) electrons. The lowest BCUT2D eigenvalue weighted by atomic mass is 10.0. The number of sulfonamides is 1. The van der Waals surface area contributed by atoms with Gasteiger partial charge in [-0.2, -0.15) is 0 Å². The summed E-state index contributed by atoms with van der Waals surface area (Å²) in [6, 6.07) is 20.2. The van der Waals surface area contributed by atoms with Gasteiger partial charge in [0.05, 0.1) is 19.1 Å². The van der Waals surface area contributed by atoms with E-state index in [2.05, 4.69) is 5.32 Å². The van der Waals surface area contributed by atoms with E-state index >= 15 is 0 Å². The van der Waals surface area contributed by atoms with Gasteiger partial charge in [-0.3, -0.25) is 13.9 Å². The van der Waals surface area contributed by atoms with E-state index in [0.717, 1.165) is 21.7 Å². The number of fused-ring (bicyclic) bond motifs is 1. The molecule has 1 N–H and O–H groups in total. The molecule has 4 rings (SSSR count). The first-order valence-electron chi connectivity index (χ1n) is 12.2. The van der Waals surface area contributed by atoms with Gasteiger partial charge in [0.1, 0.15) is 18.3 Å². The number of anilines is 1. The molecule has 1 aliphatic heterocycles. The second kappa shape index (κ2) is 12.1. The van der Waals surface area contributed by atoms with Gasteiger partial charge < -0.3 is 24.4 Å². The largest absolute Gasteiger partial charge is 0.497 e. The van der Waals surface area contributed by atoms with Gasteiger partial charge >= 0.3 is 0 Å². The van der Waals surface area contributed by atoms with Crippen molar-refractivity contribution < 1.29 is 32.2 Å². The molecule has 2 amide bonds. The van der Waals surface area contributed by atoms with E-state index in [1.165, 1.54) is 18.0 Å². The van der Waals surface area contributed by atoms with Gasteiger partial charge in [0, 0.05) is 26.1 Å². The summed E-state index contributed by atoms with van der Waals surface area (Å²) in [4.78, 5) is 28.5. The zero-order valence-electron chi connectivity index (χ0n) is 22.0. The minimum atomic E-state index is -3.89. The van der Waals surface area contributed by atoms with E-state index in [4.69, 9.17) is 14.2 Å². The monoisotopic (exact) mass is 553 g/mol. The molecule has 206 valence electrons. The Morgan fingerprint density at radius 1 is 0.974 bits per heavy atom.